The van der Waals surface area contributed by atoms with Crippen molar-refractivity contribution < 1.29 is 0 Å². The van der Waals surface area contributed by atoms with Crippen LogP contribution in [0.15, 0.2) is 262 Å². The molecule has 11 nitrogen and oxygen atoms in total. The second kappa shape index (κ2) is 19.7. The third kappa shape index (κ3) is 7.47. The summed E-state index contributed by atoms with van der Waals surface area (Å²) < 4.78 is 0. The van der Waals surface area contributed by atoms with Gasteiger partial charge in [0.1, 0.15) is 0 Å². The van der Waals surface area contributed by atoms with E-state index in [0.29, 0.717) is 0 Å². The topological polar surface area (TPSA) is 142 Å². The normalized spacial score (nSPS) is 11.9. The molecule has 0 aliphatic heterocycles. The van der Waals surface area contributed by atoms with Crippen LogP contribution in [0.4, 0.5) is 0 Å². The summed E-state index contributed by atoms with van der Waals surface area (Å²) in [6, 6.07) is 68.1. The Hall–Kier alpha value is -12.2. The minimum atomic E-state index is 0.775. The third-order valence-electron chi connectivity index (χ3n) is 17.3. The van der Waals surface area contributed by atoms with E-state index in [1.165, 1.54) is 0 Å². The van der Waals surface area contributed by atoms with Crippen LogP contribution in [-0.2, 0) is 0 Å². The second-order valence-corrected chi connectivity index (χ2v) is 22.0. The number of nitrogens with zero attached hydrogens (tertiary/aromatic N) is 11. The fourth-order valence-electron chi connectivity index (χ4n) is 13.8. The molecule has 11 heterocycles. The molecule has 0 bridgehead atoms. The molecule has 0 atom stereocenters. The largest absolute Gasteiger partial charge is 0.256 e. The van der Waals surface area contributed by atoms with Crippen LogP contribution in [0.25, 0.3) is 187 Å². The summed E-state index contributed by atoms with van der Waals surface area (Å²) >= 11 is 0. The average Bonchev–Trinajstić information content (AvgIpc) is 0.849. The Kier molecular flexibility index (Phi) is 11.0. The number of fused-ring (bicyclic) bond motifs is 15. The standard InChI is InChI=1S/C77H43N11/c1-4-28-78-60(23-1)59-43-58-48(65(61-24-2-5-29-79-61)66(59)62-25-3-6-30-80-62)26-27-53-63(54-39-44-15-7-31-81-70(44)74-49(54)19-11-35-85-74)67(55-40-45-16-8-32-82-71(45)75-50(55)20-12-36-86-75)69(57-42-47-18-10-34-84-73(47)77-52(57)22-14-38-88-77)68(64(53)58)56-41-46-17-9-33-83-72(46)76-51(56)21-13-37-87-76/h1-43H. The number of aromatic nitrogens is 11. The first-order valence-corrected chi connectivity index (χ1v) is 29.1. The van der Waals surface area contributed by atoms with Gasteiger partial charge in [0.25, 0.3) is 0 Å². The molecular formula is C77H43N11. The molecule has 0 aliphatic carbocycles. The SMILES string of the molecule is c1ccc(-c2cc3c(ccc4c(-c5cc6cccnc6c6ncccc56)c(-c5cc6cccnc6c6ncccc56)c(-c5cc6cccnc6c6ncccc56)c(-c5cc6cccnc6c6ncccc56)c43)c(-c3ccccn3)c2-c2ccccn2)nc1. The maximum atomic E-state index is 5.24. The first kappa shape index (κ1) is 49.2. The number of benzene rings is 7. The van der Waals surface area contributed by atoms with Gasteiger partial charge in [0.15, 0.2) is 0 Å². The zero-order chi connectivity index (χ0) is 57.8. The van der Waals surface area contributed by atoms with Crippen LogP contribution in [0.1, 0.15) is 0 Å². The Morgan fingerprint density at radius 1 is 0.170 bits per heavy atom. The van der Waals surface area contributed by atoms with E-state index in [1.54, 1.807) is 0 Å². The van der Waals surface area contributed by atoms with E-state index >= 15 is 0 Å². The quantitative estimate of drug-likeness (QED) is 0.141. The van der Waals surface area contributed by atoms with E-state index in [2.05, 4.69) is 115 Å². The van der Waals surface area contributed by atoms with Crippen molar-refractivity contribution in [1.29, 1.82) is 0 Å². The summed E-state index contributed by atoms with van der Waals surface area (Å²) in [5, 5.41) is 11.4. The van der Waals surface area contributed by atoms with E-state index in [-0.39, 0.29) is 0 Å². The van der Waals surface area contributed by atoms with Crippen LogP contribution in [-0.4, -0.2) is 54.8 Å². The van der Waals surface area contributed by atoms with Gasteiger partial charge in [-0.25, -0.2) is 0 Å². The highest BCUT2D eigenvalue weighted by atomic mass is 14.8. The van der Waals surface area contributed by atoms with Gasteiger partial charge in [-0.05, 0) is 181 Å². The molecule has 0 aliphatic rings. The molecular weight excluding hydrogens is 1080 g/mol. The van der Waals surface area contributed by atoms with Crippen molar-refractivity contribution in [2.45, 2.75) is 0 Å². The highest BCUT2D eigenvalue weighted by molar-refractivity contribution is 6.34. The Morgan fingerprint density at radius 2 is 0.500 bits per heavy atom. The molecule has 7 aromatic carbocycles. The Morgan fingerprint density at radius 3 is 0.909 bits per heavy atom. The van der Waals surface area contributed by atoms with Crippen molar-refractivity contribution in [1.82, 2.24) is 54.8 Å². The summed E-state index contributed by atoms with van der Waals surface area (Å²) in [5.41, 5.74) is 19.1. The van der Waals surface area contributed by atoms with Gasteiger partial charge in [-0.2, -0.15) is 0 Å². The zero-order valence-corrected chi connectivity index (χ0v) is 46.7. The van der Waals surface area contributed by atoms with Gasteiger partial charge in [-0.3, -0.25) is 54.8 Å². The second-order valence-electron chi connectivity index (χ2n) is 22.0. The van der Waals surface area contributed by atoms with Gasteiger partial charge in [0.2, 0.25) is 0 Å². The van der Waals surface area contributed by atoms with Crippen LogP contribution in [0.5, 0.6) is 0 Å². The molecule has 0 amide bonds. The first-order chi connectivity index (χ1) is 43.7. The minimum Gasteiger partial charge on any atom is -0.256 e. The molecule has 0 saturated carbocycles. The van der Waals surface area contributed by atoms with Gasteiger partial charge in [-0.1, -0.05) is 78.9 Å². The third-order valence-corrected chi connectivity index (χ3v) is 17.3. The van der Waals surface area contributed by atoms with Gasteiger partial charge in [-0.15, -0.1) is 0 Å². The molecule has 0 saturated heterocycles. The van der Waals surface area contributed by atoms with Crippen LogP contribution in [0.2, 0.25) is 0 Å². The Bertz CT molecular complexity index is 5940. The van der Waals surface area contributed by atoms with E-state index in [0.717, 1.165) is 187 Å². The van der Waals surface area contributed by atoms with Gasteiger partial charge in [0, 0.05) is 128 Å². The molecule has 0 unspecified atom stereocenters. The summed E-state index contributed by atoms with van der Waals surface area (Å²) in [4.78, 5) is 56.6. The highest BCUT2D eigenvalue weighted by Crippen LogP contribution is 2.58. The number of pyridine rings is 11. The predicted octanol–water partition coefficient (Wildman–Crippen LogP) is 18.2. The van der Waals surface area contributed by atoms with Crippen molar-refractivity contribution in [3.05, 3.63) is 262 Å². The molecule has 11 aromatic heterocycles. The van der Waals surface area contributed by atoms with Crippen molar-refractivity contribution in [2.24, 2.45) is 0 Å². The Balaban J connectivity index is 1.21. The molecule has 18 aromatic rings. The van der Waals surface area contributed by atoms with Gasteiger partial charge < -0.3 is 0 Å². The van der Waals surface area contributed by atoms with E-state index < -0.39 is 0 Å². The number of hydrogen-bond donors (Lipinski definition) is 0. The monoisotopic (exact) mass is 1120 g/mol. The smallest absolute Gasteiger partial charge is 0.0970 e. The minimum absolute atomic E-state index is 0.775. The molecule has 0 fully saturated rings. The van der Waals surface area contributed by atoms with Crippen LogP contribution >= 0.6 is 0 Å². The summed E-state index contributed by atoms with van der Waals surface area (Å²) in [6.45, 7) is 0. The number of hydrogen-bond acceptors (Lipinski definition) is 11. The van der Waals surface area contributed by atoms with Gasteiger partial charge >= 0.3 is 0 Å². The van der Waals surface area contributed by atoms with Crippen LogP contribution in [0.3, 0.4) is 0 Å². The summed E-state index contributed by atoms with van der Waals surface area (Å²) in [6.07, 6.45) is 20.5. The molecule has 11 heteroatoms. The predicted molar refractivity (Wildman–Crippen MR) is 355 cm³/mol. The van der Waals surface area contributed by atoms with E-state index in [9.17, 15) is 0 Å². The highest BCUT2D eigenvalue weighted by Gasteiger charge is 2.32. The summed E-state index contributed by atoms with van der Waals surface area (Å²) in [5.74, 6) is 0. The lowest BCUT2D eigenvalue weighted by atomic mass is 9.74. The van der Waals surface area contributed by atoms with Crippen LogP contribution in [0, 0.1) is 0 Å². The molecule has 406 valence electrons. The van der Waals surface area contributed by atoms with Crippen molar-refractivity contribution in [3.8, 4) is 78.3 Å². The fraction of sp³-hybridized carbons (Fsp3) is 0. The van der Waals surface area contributed by atoms with Crippen LogP contribution < -0.4 is 0 Å². The van der Waals surface area contributed by atoms with E-state index in [1.807, 2.05) is 147 Å². The molecule has 0 N–H and O–H groups in total. The lowest BCUT2D eigenvalue weighted by Crippen LogP contribution is -2.03. The maximum Gasteiger partial charge on any atom is 0.0970 e. The lowest BCUT2D eigenvalue weighted by molar-refractivity contribution is 1.29. The van der Waals surface area contributed by atoms with Crippen molar-refractivity contribution >= 4 is 109 Å². The van der Waals surface area contributed by atoms with Gasteiger partial charge in [0.05, 0.1) is 61.2 Å². The Labute approximate surface area is 501 Å². The number of rotatable bonds is 7. The average molecular weight is 1120 g/mol. The molecule has 0 radical (unpaired) electrons. The zero-order valence-electron chi connectivity index (χ0n) is 46.7. The van der Waals surface area contributed by atoms with Crippen molar-refractivity contribution in [3.63, 3.8) is 0 Å². The molecule has 0 spiro atoms. The molecule has 88 heavy (non-hydrogen) atoms. The maximum absolute atomic E-state index is 5.24. The summed E-state index contributed by atoms with van der Waals surface area (Å²) in [7, 11) is 0. The van der Waals surface area contributed by atoms with Crippen molar-refractivity contribution in [2.75, 3.05) is 0 Å². The first-order valence-electron chi connectivity index (χ1n) is 29.1. The lowest BCUT2D eigenvalue weighted by Gasteiger charge is -2.28. The fourth-order valence-corrected chi connectivity index (χ4v) is 13.8. The van der Waals surface area contributed by atoms with E-state index in [4.69, 9.17) is 54.8 Å². The molecule has 18 rings (SSSR count).